The number of rotatable bonds is 8. The predicted octanol–water partition coefficient (Wildman–Crippen LogP) is 3.48. The summed E-state index contributed by atoms with van der Waals surface area (Å²) in [6, 6.07) is 3.98. The zero-order valence-electron chi connectivity index (χ0n) is 17.6. The third kappa shape index (κ3) is 3.89. The Morgan fingerprint density at radius 2 is 2.10 bits per heavy atom. The minimum Gasteiger partial charge on any atom is -0.496 e. The summed E-state index contributed by atoms with van der Waals surface area (Å²) < 4.78 is 11.0. The Morgan fingerprint density at radius 1 is 1.26 bits per heavy atom. The molecule has 0 saturated heterocycles. The molecule has 4 N–H and O–H groups in total. The molecule has 0 aliphatic rings. The number of carbonyl (C=O) groups is 1. The molecule has 162 valence electrons. The number of ether oxygens (including phenoxy) is 1. The molecule has 0 aliphatic carbocycles. The highest BCUT2D eigenvalue weighted by atomic mass is 16.5. The highest BCUT2D eigenvalue weighted by Crippen LogP contribution is 2.40. The van der Waals surface area contributed by atoms with Crippen LogP contribution in [0.15, 0.2) is 23.0 Å². The Balaban J connectivity index is 1.69. The molecule has 1 amide bonds. The molecule has 31 heavy (non-hydrogen) atoms. The molecule has 0 atom stereocenters. The van der Waals surface area contributed by atoms with Gasteiger partial charge in [0.1, 0.15) is 29.3 Å². The van der Waals surface area contributed by atoms with Crippen molar-refractivity contribution in [2.75, 3.05) is 19.0 Å². The maximum Gasteiger partial charge on any atom is 0.243 e. The average molecular weight is 424 g/mol. The van der Waals surface area contributed by atoms with E-state index in [-0.39, 0.29) is 12.3 Å². The highest BCUT2D eigenvalue weighted by Gasteiger charge is 2.20. The molecule has 0 unspecified atom stereocenters. The predicted molar refractivity (Wildman–Crippen MR) is 115 cm³/mol. The molecule has 0 bridgehead atoms. The van der Waals surface area contributed by atoms with E-state index in [4.69, 9.17) is 14.5 Å². The van der Waals surface area contributed by atoms with Gasteiger partial charge in [0.2, 0.25) is 5.91 Å². The zero-order chi connectivity index (χ0) is 22.0. The van der Waals surface area contributed by atoms with Crippen LogP contribution in [0.25, 0.3) is 33.1 Å². The van der Waals surface area contributed by atoms with Gasteiger partial charge in [-0.25, -0.2) is 15.4 Å². The number of unbranched alkanes of at least 4 members (excludes halogenated alkanes) is 1. The van der Waals surface area contributed by atoms with Crippen LogP contribution in [0.3, 0.4) is 0 Å². The van der Waals surface area contributed by atoms with Gasteiger partial charge in [-0.2, -0.15) is 0 Å². The van der Waals surface area contributed by atoms with Crippen molar-refractivity contribution < 1.29 is 19.3 Å². The van der Waals surface area contributed by atoms with Crippen LogP contribution >= 0.6 is 0 Å². The second-order valence-corrected chi connectivity index (χ2v) is 7.29. The number of aromatic amines is 1. The van der Waals surface area contributed by atoms with Crippen LogP contribution in [-0.4, -0.2) is 44.9 Å². The maximum absolute atomic E-state index is 11.1. The van der Waals surface area contributed by atoms with Crippen molar-refractivity contribution in [1.82, 2.24) is 25.6 Å². The van der Waals surface area contributed by atoms with Crippen molar-refractivity contribution in [3.05, 3.63) is 29.9 Å². The lowest BCUT2D eigenvalue weighted by molar-refractivity contribution is -0.129. The van der Waals surface area contributed by atoms with E-state index < -0.39 is 0 Å². The lowest BCUT2D eigenvalue weighted by atomic mass is 10.0. The minimum atomic E-state index is -0.387. The maximum atomic E-state index is 11.1. The zero-order valence-corrected chi connectivity index (χ0v) is 17.6. The smallest absolute Gasteiger partial charge is 0.243 e. The third-order valence-corrected chi connectivity index (χ3v) is 5.26. The summed E-state index contributed by atoms with van der Waals surface area (Å²) in [5.74, 6) is 1.74. The Morgan fingerprint density at radius 3 is 2.81 bits per heavy atom. The van der Waals surface area contributed by atoms with Crippen molar-refractivity contribution in [3.63, 3.8) is 0 Å². The molecule has 3 aromatic heterocycles. The monoisotopic (exact) mass is 424 g/mol. The molecule has 10 heteroatoms. The van der Waals surface area contributed by atoms with E-state index in [2.05, 4.69) is 25.4 Å². The van der Waals surface area contributed by atoms with Gasteiger partial charge in [-0.15, -0.1) is 0 Å². The first-order chi connectivity index (χ1) is 15.0. The lowest BCUT2D eigenvalue weighted by Gasteiger charge is -2.10. The fourth-order valence-electron chi connectivity index (χ4n) is 3.79. The van der Waals surface area contributed by atoms with Gasteiger partial charge in [0.25, 0.3) is 0 Å². The number of aryl methyl sites for hydroxylation is 2. The molecule has 0 fully saturated rings. The van der Waals surface area contributed by atoms with Crippen LogP contribution in [0, 0.1) is 13.8 Å². The lowest BCUT2D eigenvalue weighted by Crippen LogP contribution is -2.18. The number of amides is 1. The van der Waals surface area contributed by atoms with Gasteiger partial charge in [-0.05, 0) is 38.8 Å². The summed E-state index contributed by atoms with van der Waals surface area (Å²) in [7, 11) is 1.63. The van der Waals surface area contributed by atoms with Crippen molar-refractivity contribution in [2.45, 2.75) is 33.1 Å². The molecule has 0 spiro atoms. The first-order valence-electron chi connectivity index (χ1n) is 9.98. The van der Waals surface area contributed by atoms with E-state index in [1.54, 1.807) is 12.6 Å². The van der Waals surface area contributed by atoms with Crippen molar-refractivity contribution >= 4 is 33.7 Å². The number of anilines is 1. The summed E-state index contributed by atoms with van der Waals surface area (Å²) in [4.78, 5) is 23.3. The fraction of sp³-hybridized carbons (Fsp3) is 0.333. The van der Waals surface area contributed by atoms with Gasteiger partial charge in [-0.3, -0.25) is 10.0 Å². The number of H-pyrrole nitrogens is 1. The number of nitrogens with one attached hydrogen (secondary N) is 3. The van der Waals surface area contributed by atoms with Gasteiger partial charge in [0.15, 0.2) is 0 Å². The van der Waals surface area contributed by atoms with Crippen LogP contribution < -0.4 is 15.5 Å². The van der Waals surface area contributed by atoms with E-state index in [0.717, 1.165) is 45.3 Å². The molecule has 3 heterocycles. The average Bonchev–Trinajstić information content (AvgIpc) is 3.31. The molecular weight excluding hydrogens is 400 g/mol. The van der Waals surface area contributed by atoms with Crippen molar-refractivity contribution in [3.8, 4) is 16.9 Å². The van der Waals surface area contributed by atoms with E-state index in [1.807, 2.05) is 26.0 Å². The Bertz CT molecular complexity index is 1230. The van der Waals surface area contributed by atoms with E-state index >= 15 is 0 Å². The van der Waals surface area contributed by atoms with Crippen molar-refractivity contribution in [1.29, 1.82) is 0 Å². The summed E-state index contributed by atoms with van der Waals surface area (Å²) in [5, 5.41) is 17.8. The first-order valence-corrected chi connectivity index (χ1v) is 9.98. The van der Waals surface area contributed by atoms with E-state index in [1.165, 1.54) is 6.33 Å². The molecule has 4 aromatic rings. The van der Waals surface area contributed by atoms with Gasteiger partial charge in [0.05, 0.1) is 23.8 Å². The number of carbonyl (C=O) groups excluding carboxylic acids is 1. The standard InChI is InChI=1S/C21H24N6O4/c1-11-18(12(2)31-27-11)14-8-15-13(9-16(14)30-3)19-20(23-10-24-21(19)25-15)22-7-5-4-6-17(28)26-29/h8-10,29H,4-7H2,1-3H3,(H,26,28)(H2,22,23,24,25). The summed E-state index contributed by atoms with van der Waals surface area (Å²) in [6.07, 6.45) is 3.18. The molecule has 4 rings (SSSR count). The number of hydrogen-bond acceptors (Lipinski definition) is 8. The van der Waals surface area contributed by atoms with Gasteiger partial charge < -0.3 is 19.6 Å². The van der Waals surface area contributed by atoms with Crippen LogP contribution in [-0.2, 0) is 4.79 Å². The summed E-state index contributed by atoms with van der Waals surface area (Å²) in [5.41, 5.74) is 5.85. The Hall–Kier alpha value is -3.66. The number of benzene rings is 1. The fourth-order valence-corrected chi connectivity index (χ4v) is 3.79. The number of hydrogen-bond donors (Lipinski definition) is 4. The van der Waals surface area contributed by atoms with Gasteiger partial charge in [0, 0.05) is 29.4 Å². The third-order valence-electron chi connectivity index (χ3n) is 5.26. The molecule has 0 aliphatic heterocycles. The number of fused-ring (bicyclic) bond motifs is 3. The topological polar surface area (TPSA) is 138 Å². The van der Waals surface area contributed by atoms with Gasteiger partial charge >= 0.3 is 0 Å². The van der Waals surface area contributed by atoms with E-state index in [9.17, 15) is 4.79 Å². The molecular formula is C21H24N6O4. The van der Waals surface area contributed by atoms with Gasteiger partial charge in [-0.1, -0.05) is 5.16 Å². The summed E-state index contributed by atoms with van der Waals surface area (Å²) in [6.45, 7) is 4.41. The minimum absolute atomic E-state index is 0.270. The highest BCUT2D eigenvalue weighted by molar-refractivity contribution is 6.12. The second-order valence-electron chi connectivity index (χ2n) is 7.29. The number of nitrogens with zero attached hydrogens (tertiary/aromatic N) is 3. The van der Waals surface area contributed by atoms with Crippen molar-refractivity contribution in [2.24, 2.45) is 0 Å². The van der Waals surface area contributed by atoms with Crippen LogP contribution in [0.1, 0.15) is 30.7 Å². The number of aromatic nitrogens is 4. The van der Waals surface area contributed by atoms with E-state index in [0.29, 0.717) is 30.2 Å². The van der Waals surface area contributed by atoms with Crippen LogP contribution in [0.5, 0.6) is 5.75 Å². The number of hydroxylamine groups is 1. The van der Waals surface area contributed by atoms with Crippen LogP contribution in [0.2, 0.25) is 0 Å². The first kappa shape index (κ1) is 20.6. The number of methoxy groups -OCH3 is 1. The second kappa shape index (κ2) is 8.60. The molecule has 10 nitrogen and oxygen atoms in total. The Kier molecular flexibility index (Phi) is 5.72. The molecule has 1 aromatic carbocycles. The largest absolute Gasteiger partial charge is 0.496 e. The Labute approximate surface area is 178 Å². The summed E-state index contributed by atoms with van der Waals surface area (Å²) >= 11 is 0. The van der Waals surface area contributed by atoms with Crippen LogP contribution in [0.4, 0.5) is 5.82 Å². The SMILES string of the molecule is COc1cc2c(cc1-c1c(C)noc1C)[nH]c1ncnc(NCCCCC(=O)NO)c12. The molecule has 0 radical (unpaired) electrons. The molecule has 0 saturated carbocycles. The quantitative estimate of drug-likeness (QED) is 0.192. The normalized spacial score (nSPS) is 11.2.